The monoisotopic (exact) mass is 608 g/mol. The first-order chi connectivity index (χ1) is 20.4. The van der Waals surface area contributed by atoms with Crippen molar-refractivity contribution in [2.75, 3.05) is 13.2 Å². The number of aliphatic hydroxyl groups excluding tert-OH is 6. The third-order valence-electron chi connectivity index (χ3n) is 7.56. The van der Waals surface area contributed by atoms with E-state index in [1.165, 1.54) is 31.2 Å². The fourth-order valence-electron chi connectivity index (χ4n) is 5.03. The predicted molar refractivity (Wildman–Crippen MR) is 143 cm³/mol. The van der Waals surface area contributed by atoms with Crippen molar-refractivity contribution < 1.29 is 69.3 Å². The van der Waals surface area contributed by atoms with E-state index in [1.807, 2.05) is 0 Å². The molecule has 5 rings (SSSR count). The maximum absolute atomic E-state index is 13.6. The quantitative estimate of drug-likeness (QED) is 0.154. The van der Waals surface area contributed by atoms with Gasteiger partial charge in [-0.15, -0.1) is 0 Å². The van der Waals surface area contributed by atoms with Crippen LogP contribution in [0, 0.1) is 5.92 Å². The molecule has 0 bridgehead atoms. The van der Waals surface area contributed by atoms with Crippen LogP contribution in [0.4, 0.5) is 0 Å². The molecule has 15 nitrogen and oxygen atoms in total. The highest BCUT2D eigenvalue weighted by atomic mass is 16.7. The summed E-state index contributed by atoms with van der Waals surface area (Å²) >= 11 is 0. The third kappa shape index (κ3) is 5.86. The summed E-state index contributed by atoms with van der Waals surface area (Å²) in [5.41, 5.74) is -0.759. The molecule has 2 aliphatic heterocycles. The molecule has 0 spiro atoms. The zero-order valence-electron chi connectivity index (χ0n) is 22.6. The van der Waals surface area contributed by atoms with Crippen LogP contribution in [0.2, 0.25) is 0 Å². The van der Waals surface area contributed by atoms with Crippen molar-refractivity contribution >= 4 is 11.0 Å². The molecule has 0 amide bonds. The summed E-state index contributed by atoms with van der Waals surface area (Å²) in [5.74, 6) is -2.60. The smallest absolute Gasteiger partial charge is 0.239 e. The summed E-state index contributed by atoms with van der Waals surface area (Å²) in [6.07, 6.45) is -13.6. The predicted octanol–water partition coefficient (Wildman–Crippen LogP) is -1.15. The van der Waals surface area contributed by atoms with Gasteiger partial charge in [0, 0.05) is 23.6 Å². The van der Waals surface area contributed by atoms with Crippen molar-refractivity contribution in [1.82, 2.24) is 0 Å². The minimum absolute atomic E-state index is 0.0757. The SMILES string of the molecule is CC1[C@H](Oc2c(-c3ccc(O)cc3)oc3cc(O)cc(O)c3c2=O)OC(CO[C@@H]2OC(CO)[C@H](O)[C@H](O)C2O)[C@H](O)[C@@H]1O. The molecule has 0 aliphatic carbocycles. The van der Waals surface area contributed by atoms with E-state index in [0.29, 0.717) is 0 Å². The van der Waals surface area contributed by atoms with E-state index < -0.39 is 91.4 Å². The summed E-state index contributed by atoms with van der Waals surface area (Å²) in [6, 6.07) is 7.57. The van der Waals surface area contributed by atoms with Crippen LogP contribution in [0.1, 0.15) is 6.92 Å². The third-order valence-corrected chi connectivity index (χ3v) is 7.56. The first kappa shape index (κ1) is 30.9. The van der Waals surface area contributed by atoms with Gasteiger partial charge < -0.3 is 69.3 Å². The zero-order valence-corrected chi connectivity index (χ0v) is 22.6. The molecule has 2 aromatic carbocycles. The van der Waals surface area contributed by atoms with E-state index in [9.17, 15) is 50.8 Å². The molecule has 3 heterocycles. The molecule has 15 heteroatoms. The molecule has 43 heavy (non-hydrogen) atoms. The van der Waals surface area contributed by atoms with Gasteiger partial charge in [0.2, 0.25) is 17.5 Å². The Morgan fingerprint density at radius 1 is 0.791 bits per heavy atom. The molecule has 2 fully saturated rings. The molecular formula is C28H32O15. The second kappa shape index (κ2) is 12.2. The minimum atomic E-state index is -1.73. The summed E-state index contributed by atoms with van der Waals surface area (Å²) in [5, 5.41) is 90.9. The lowest BCUT2D eigenvalue weighted by atomic mass is 9.92. The van der Waals surface area contributed by atoms with Gasteiger partial charge in [-0.3, -0.25) is 4.79 Å². The highest BCUT2D eigenvalue weighted by Crippen LogP contribution is 2.38. The largest absolute Gasteiger partial charge is 0.508 e. The molecule has 3 aromatic rings. The molecule has 9 N–H and O–H groups in total. The van der Waals surface area contributed by atoms with Crippen LogP contribution in [0.25, 0.3) is 22.3 Å². The number of rotatable bonds is 7. The summed E-state index contributed by atoms with van der Waals surface area (Å²) in [6.45, 7) is 0.253. The maximum Gasteiger partial charge on any atom is 0.239 e. The normalized spacial score (nSPS) is 33.0. The molecule has 10 atom stereocenters. The second-order valence-corrected chi connectivity index (χ2v) is 10.5. The highest BCUT2D eigenvalue weighted by molar-refractivity contribution is 5.88. The Hall–Kier alpha value is -3.51. The molecule has 234 valence electrons. The topological polar surface area (TPSA) is 249 Å². The second-order valence-electron chi connectivity index (χ2n) is 10.5. The molecule has 0 saturated carbocycles. The average Bonchev–Trinajstić information content (AvgIpc) is 2.97. The number of phenolic OH excluding ortho intramolecular Hbond substituents is 3. The van der Waals surface area contributed by atoms with Crippen LogP contribution in [0.3, 0.4) is 0 Å². The molecule has 2 aliphatic rings. The van der Waals surface area contributed by atoms with Crippen molar-refractivity contribution in [1.29, 1.82) is 0 Å². The Labute approximate surface area is 242 Å². The summed E-state index contributed by atoms with van der Waals surface area (Å²) < 4.78 is 28.5. The Balaban J connectivity index is 1.45. The fraction of sp³-hybridized carbons (Fsp3) is 0.464. The highest BCUT2D eigenvalue weighted by Gasteiger charge is 2.47. The molecule has 2 saturated heterocycles. The van der Waals surface area contributed by atoms with Gasteiger partial charge in [0.05, 0.1) is 19.3 Å². The van der Waals surface area contributed by atoms with Crippen LogP contribution in [0.5, 0.6) is 23.0 Å². The fourth-order valence-corrected chi connectivity index (χ4v) is 5.03. The summed E-state index contributed by atoms with van der Waals surface area (Å²) in [4.78, 5) is 13.6. The van der Waals surface area contributed by atoms with E-state index in [1.54, 1.807) is 0 Å². The maximum atomic E-state index is 13.6. The number of aromatic hydroxyl groups is 3. The standard InChI is InChI=1S/C28H32O15/c1-10-19(33)21(35)17(9-39-28-24(38)23(37)20(34)16(8-29)41-28)42-27(10)43-26-22(36)18-14(32)6-13(31)7-15(18)40-25(26)11-2-4-12(30)5-3-11/h2-7,10,16-17,19-21,23-24,27-35,37-38H,8-9H2,1H3/t10?,16?,17?,19-,20+,21+,23+,24?,27+,28-/m1/s1. The average molecular weight is 609 g/mol. The molecule has 0 radical (unpaired) electrons. The van der Waals surface area contributed by atoms with Gasteiger partial charge in [-0.2, -0.15) is 0 Å². The number of fused-ring (bicyclic) bond motifs is 1. The minimum Gasteiger partial charge on any atom is -0.508 e. The van der Waals surface area contributed by atoms with Gasteiger partial charge >= 0.3 is 0 Å². The van der Waals surface area contributed by atoms with E-state index in [2.05, 4.69) is 0 Å². The van der Waals surface area contributed by atoms with Gasteiger partial charge in [-0.25, -0.2) is 0 Å². The first-order valence-corrected chi connectivity index (χ1v) is 13.3. The van der Waals surface area contributed by atoms with Gasteiger partial charge in [-0.1, -0.05) is 6.92 Å². The van der Waals surface area contributed by atoms with Gasteiger partial charge in [0.15, 0.2) is 12.1 Å². The van der Waals surface area contributed by atoms with Crippen molar-refractivity contribution in [3.05, 3.63) is 46.6 Å². The lowest BCUT2D eigenvalue weighted by molar-refractivity contribution is -0.319. The van der Waals surface area contributed by atoms with Crippen LogP contribution >= 0.6 is 0 Å². The van der Waals surface area contributed by atoms with Crippen LogP contribution in [-0.2, 0) is 14.2 Å². The Kier molecular flexibility index (Phi) is 8.80. The van der Waals surface area contributed by atoms with E-state index in [0.717, 1.165) is 12.1 Å². The van der Waals surface area contributed by atoms with Crippen LogP contribution in [-0.4, -0.2) is 114 Å². The van der Waals surface area contributed by atoms with Crippen molar-refractivity contribution in [3.63, 3.8) is 0 Å². The van der Waals surface area contributed by atoms with Gasteiger partial charge in [0.1, 0.15) is 64.8 Å². The lowest BCUT2D eigenvalue weighted by Crippen LogP contribution is -2.60. The van der Waals surface area contributed by atoms with Gasteiger partial charge in [-0.05, 0) is 24.3 Å². The Morgan fingerprint density at radius 3 is 2.12 bits per heavy atom. The lowest BCUT2D eigenvalue weighted by Gasteiger charge is -2.43. The molecule has 4 unspecified atom stereocenters. The Morgan fingerprint density at radius 2 is 1.44 bits per heavy atom. The number of hydrogen-bond acceptors (Lipinski definition) is 15. The Bertz CT molecular complexity index is 1490. The van der Waals surface area contributed by atoms with Gasteiger partial charge in [0.25, 0.3) is 0 Å². The number of aliphatic hydroxyl groups is 6. The van der Waals surface area contributed by atoms with Crippen molar-refractivity contribution in [3.8, 4) is 34.3 Å². The first-order valence-electron chi connectivity index (χ1n) is 13.3. The van der Waals surface area contributed by atoms with Crippen molar-refractivity contribution in [2.24, 2.45) is 5.92 Å². The van der Waals surface area contributed by atoms with Crippen molar-refractivity contribution in [2.45, 2.75) is 62.2 Å². The van der Waals surface area contributed by atoms with E-state index in [-0.39, 0.29) is 33.8 Å². The van der Waals surface area contributed by atoms with Crippen LogP contribution < -0.4 is 10.2 Å². The number of benzene rings is 2. The number of hydrogen-bond donors (Lipinski definition) is 9. The van der Waals surface area contributed by atoms with Crippen LogP contribution in [0.15, 0.2) is 45.6 Å². The van der Waals surface area contributed by atoms with E-state index >= 15 is 0 Å². The summed E-state index contributed by atoms with van der Waals surface area (Å²) in [7, 11) is 0. The number of phenols is 3. The number of ether oxygens (including phenoxy) is 4. The molecular weight excluding hydrogens is 576 g/mol. The molecule has 1 aromatic heterocycles. The van der Waals surface area contributed by atoms with E-state index in [4.69, 9.17) is 23.4 Å². The zero-order chi connectivity index (χ0) is 31.2.